The summed E-state index contributed by atoms with van der Waals surface area (Å²) in [7, 11) is -3.61. The largest absolute Gasteiger partial charge is 0.339 e. The zero-order valence-corrected chi connectivity index (χ0v) is 23.1. The quantitative estimate of drug-likeness (QED) is 0.446. The highest BCUT2D eigenvalue weighted by atomic mass is 35.5. The molecule has 0 radical (unpaired) electrons. The summed E-state index contributed by atoms with van der Waals surface area (Å²) in [6, 6.07) is 6.67. The Balaban J connectivity index is 0.00000408. The number of nitrogens with zero attached hydrogens (tertiary/aromatic N) is 3. The number of amides is 1. The molecule has 0 saturated carbocycles. The molecule has 1 amide bonds. The van der Waals surface area contributed by atoms with E-state index in [0.717, 1.165) is 45.3 Å². The van der Waals surface area contributed by atoms with E-state index in [0.29, 0.717) is 37.7 Å². The van der Waals surface area contributed by atoms with Gasteiger partial charge in [0.1, 0.15) is 0 Å². The van der Waals surface area contributed by atoms with Gasteiger partial charge in [-0.2, -0.15) is 4.31 Å². The van der Waals surface area contributed by atoms with Crippen LogP contribution >= 0.6 is 12.4 Å². The molecule has 0 bridgehead atoms. The molecular weight excluding hydrogens is 470 g/mol. The number of rotatable bonds is 10. The van der Waals surface area contributed by atoms with Crippen LogP contribution in [0.4, 0.5) is 0 Å². The van der Waals surface area contributed by atoms with Gasteiger partial charge < -0.3 is 9.80 Å². The summed E-state index contributed by atoms with van der Waals surface area (Å²) in [6.45, 7) is 14.4. The molecule has 0 aliphatic carbocycles. The maximum Gasteiger partial charge on any atom is 0.253 e. The number of benzene rings is 1. The van der Waals surface area contributed by atoms with E-state index in [-0.39, 0.29) is 28.6 Å². The van der Waals surface area contributed by atoms with Crippen LogP contribution in [0.3, 0.4) is 0 Å². The fraction of sp³-hybridized carbons (Fsp3) is 0.731. The second-order valence-electron chi connectivity index (χ2n) is 11.0. The lowest BCUT2D eigenvalue weighted by Crippen LogP contribution is -2.43. The van der Waals surface area contributed by atoms with Gasteiger partial charge in [0.2, 0.25) is 10.0 Å². The van der Waals surface area contributed by atoms with E-state index in [1.54, 1.807) is 28.6 Å². The van der Waals surface area contributed by atoms with Gasteiger partial charge in [0.15, 0.2) is 0 Å². The van der Waals surface area contributed by atoms with Crippen LogP contribution in [0.15, 0.2) is 29.2 Å². The number of hydrogen-bond acceptors (Lipinski definition) is 4. The Bertz CT molecular complexity index is 898. The molecular formula is C26H44ClN3O3S. The highest BCUT2D eigenvalue weighted by Gasteiger charge is 2.34. The third-order valence-electron chi connectivity index (χ3n) is 6.95. The molecule has 8 heteroatoms. The van der Waals surface area contributed by atoms with Crippen LogP contribution in [0.25, 0.3) is 0 Å². The molecule has 3 rings (SSSR count). The molecule has 6 nitrogen and oxygen atoms in total. The van der Waals surface area contributed by atoms with Crippen molar-refractivity contribution in [3.63, 3.8) is 0 Å². The van der Waals surface area contributed by atoms with Crippen molar-refractivity contribution < 1.29 is 13.2 Å². The first kappa shape index (κ1) is 29.1. The van der Waals surface area contributed by atoms with E-state index in [2.05, 4.69) is 32.6 Å². The van der Waals surface area contributed by atoms with E-state index in [1.165, 1.54) is 12.8 Å². The standard InChI is InChI=1S/C26H43N3O3S.ClH/c1-22(2)12-19-28(17-9-16-27-14-5-6-15-27)25(30)23-10-7-11-24(20-23)33(31,32)29-18-8-13-26(3,4)21-29;/h7,10-11,20,22H,5-6,8-9,12-19,21H2,1-4H3;1H. The zero-order valence-electron chi connectivity index (χ0n) is 21.5. The molecule has 1 aromatic rings. The lowest BCUT2D eigenvalue weighted by Gasteiger charge is -2.37. The van der Waals surface area contributed by atoms with Crippen molar-refractivity contribution in [3.05, 3.63) is 29.8 Å². The molecule has 1 aromatic carbocycles. The summed E-state index contributed by atoms with van der Waals surface area (Å²) in [5.41, 5.74) is 0.444. The lowest BCUT2D eigenvalue weighted by molar-refractivity contribution is 0.0741. The molecule has 2 heterocycles. The van der Waals surface area contributed by atoms with Gasteiger partial charge in [0.05, 0.1) is 4.90 Å². The van der Waals surface area contributed by atoms with Gasteiger partial charge in [-0.05, 0) is 87.7 Å². The maximum absolute atomic E-state index is 13.4. The minimum Gasteiger partial charge on any atom is -0.339 e. The minimum absolute atomic E-state index is 0. The van der Waals surface area contributed by atoms with Crippen molar-refractivity contribution in [3.8, 4) is 0 Å². The summed E-state index contributed by atoms with van der Waals surface area (Å²) in [4.78, 5) is 18.1. The van der Waals surface area contributed by atoms with Gasteiger partial charge in [-0.3, -0.25) is 4.79 Å². The second-order valence-corrected chi connectivity index (χ2v) is 12.9. The van der Waals surface area contributed by atoms with Crippen molar-refractivity contribution in [2.75, 3.05) is 45.8 Å². The van der Waals surface area contributed by atoms with E-state index in [1.807, 2.05) is 4.90 Å². The molecule has 0 atom stereocenters. The normalized spacial score (nSPS) is 19.2. The van der Waals surface area contributed by atoms with E-state index in [9.17, 15) is 13.2 Å². The van der Waals surface area contributed by atoms with Crippen molar-refractivity contribution >= 4 is 28.3 Å². The van der Waals surface area contributed by atoms with Crippen LogP contribution in [-0.4, -0.2) is 74.2 Å². The smallest absolute Gasteiger partial charge is 0.253 e. The lowest BCUT2D eigenvalue weighted by atomic mass is 9.85. The number of sulfonamides is 1. The molecule has 0 aromatic heterocycles. The first-order valence-electron chi connectivity index (χ1n) is 12.7. The van der Waals surface area contributed by atoms with Crippen LogP contribution in [0.2, 0.25) is 0 Å². The summed E-state index contributed by atoms with van der Waals surface area (Å²) in [5.74, 6) is 0.446. The highest BCUT2D eigenvalue weighted by Crippen LogP contribution is 2.32. The molecule has 194 valence electrons. The van der Waals surface area contributed by atoms with E-state index < -0.39 is 10.0 Å². The third kappa shape index (κ3) is 7.94. The van der Waals surface area contributed by atoms with Crippen LogP contribution < -0.4 is 0 Å². The van der Waals surface area contributed by atoms with Crippen molar-refractivity contribution in [2.45, 2.75) is 71.1 Å². The summed E-state index contributed by atoms with van der Waals surface area (Å²) < 4.78 is 28.3. The number of likely N-dealkylation sites (tertiary alicyclic amines) is 1. The third-order valence-corrected chi connectivity index (χ3v) is 8.79. The van der Waals surface area contributed by atoms with Gasteiger partial charge in [-0.15, -0.1) is 12.4 Å². The van der Waals surface area contributed by atoms with Crippen LogP contribution in [-0.2, 0) is 10.0 Å². The second kappa shape index (κ2) is 12.7. The minimum atomic E-state index is -3.61. The SMILES string of the molecule is CC(C)CCN(CCCN1CCCC1)C(=O)c1cccc(S(=O)(=O)N2CCCC(C)(C)C2)c1.Cl. The number of hydrogen-bond donors (Lipinski definition) is 0. The fourth-order valence-electron chi connectivity index (χ4n) is 4.92. The number of carbonyl (C=O) groups is 1. The first-order chi connectivity index (χ1) is 15.6. The molecule has 2 aliphatic rings. The van der Waals surface area contributed by atoms with Crippen molar-refractivity contribution in [1.82, 2.24) is 14.1 Å². The fourth-order valence-corrected chi connectivity index (χ4v) is 6.63. The van der Waals surface area contributed by atoms with Gasteiger partial charge >= 0.3 is 0 Å². The van der Waals surface area contributed by atoms with Gasteiger partial charge in [0.25, 0.3) is 5.91 Å². The number of carbonyl (C=O) groups excluding carboxylic acids is 1. The molecule has 0 unspecified atom stereocenters. The van der Waals surface area contributed by atoms with Crippen molar-refractivity contribution in [1.29, 1.82) is 0 Å². The van der Waals surface area contributed by atoms with Gasteiger partial charge in [-0.1, -0.05) is 33.8 Å². The average Bonchev–Trinajstić information content (AvgIpc) is 3.28. The molecule has 34 heavy (non-hydrogen) atoms. The summed E-state index contributed by atoms with van der Waals surface area (Å²) in [5, 5.41) is 0. The molecule has 0 N–H and O–H groups in total. The molecule has 2 aliphatic heterocycles. The molecule has 2 saturated heterocycles. The Morgan fingerprint density at radius 2 is 1.79 bits per heavy atom. The maximum atomic E-state index is 13.4. The Labute approximate surface area is 213 Å². The van der Waals surface area contributed by atoms with Crippen LogP contribution in [0.1, 0.15) is 76.6 Å². The Morgan fingerprint density at radius 1 is 1.09 bits per heavy atom. The van der Waals surface area contributed by atoms with E-state index in [4.69, 9.17) is 0 Å². The first-order valence-corrected chi connectivity index (χ1v) is 14.1. The summed E-state index contributed by atoms with van der Waals surface area (Å²) in [6.07, 6.45) is 6.32. The predicted octanol–water partition coefficient (Wildman–Crippen LogP) is 4.89. The Morgan fingerprint density at radius 3 is 2.44 bits per heavy atom. The zero-order chi connectivity index (χ0) is 24.1. The van der Waals surface area contributed by atoms with Gasteiger partial charge in [-0.25, -0.2) is 8.42 Å². The monoisotopic (exact) mass is 513 g/mol. The van der Waals surface area contributed by atoms with Gasteiger partial charge in [0, 0.05) is 31.7 Å². The average molecular weight is 514 g/mol. The van der Waals surface area contributed by atoms with E-state index >= 15 is 0 Å². The highest BCUT2D eigenvalue weighted by molar-refractivity contribution is 7.89. The number of halogens is 1. The van der Waals surface area contributed by atoms with Crippen LogP contribution in [0.5, 0.6) is 0 Å². The Hall–Kier alpha value is -1.15. The van der Waals surface area contributed by atoms with Crippen LogP contribution in [0, 0.1) is 11.3 Å². The Kier molecular flexibility index (Phi) is 10.9. The number of piperidine rings is 1. The summed E-state index contributed by atoms with van der Waals surface area (Å²) >= 11 is 0. The predicted molar refractivity (Wildman–Crippen MR) is 141 cm³/mol. The topological polar surface area (TPSA) is 60.9 Å². The van der Waals surface area contributed by atoms with Crippen molar-refractivity contribution in [2.24, 2.45) is 11.3 Å². The molecule has 0 spiro atoms. The molecule has 2 fully saturated rings.